The number of aromatic nitrogens is 2. The van der Waals surface area contributed by atoms with Crippen LogP contribution >= 0.6 is 0 Å². The molecule has 2 atom stereocenters. The van der Waals surface area contributed by atoms with Gasteiger partial charge in [-0.1, -0.05) is 31.9 Å². The van der Waals surface area contributed by atoms with Gasteiger partial charge in [0.25, 0.3) is 5.91 Å². The van der Waals surface area contributed by atoms with Crippen molar-refractivity contribution in [3.63, 3.8) is 0 Å². The molecule has 4 nitrogen and oxygen atoms in total. The van der Waals surface area contributed by atoms with E-state index in [9.17, 15) is 9.18 Å². The predicted octanol–water partition coefficient (Wildman–Crippen LogP) is 3.63. The fourth-order valence-electron chi connectivity index (χ4n) is 3.33. The summed E-state index contributed by atoms with van der Waals surface area (Å²) in [6.07, 6.45) is 5.95. The Morgan fingerprint density at radius 3 is 2.87 bits per heavy atom. The zero-order chi connectivity index (χ0) is 16.4. The van der Waals surface area contributed by atoms with Gasteiger partial charge in [-0.05, 0) is 37.8 Å². The van der Waals surface area contributed by atoms with E-state index in [-0.39, 0.29) is 17.8 Å². The van der Waals surface area contributed by atoms with E-state index in [1.54, 1.807) is 25.1 Å². The van der Waals surface area contributed by atoms with Crippen LogP contribution in [0.15, 0.2) is 30.5 Å². The van der Waals surface area contributed by atoms with Gasteiger partial charge in [-0.2, -0.15) is 5.10 Å². The Balaban J connectivity index is 1.79. The van der Waals surface area contributed by atoms with Gasteiger partial charge in [0.05, 0.1) is 17.5 Å². The van der Waals surface area contributed by atoms with Crippen molar-refractivity contribution in [3.8, 4) is 5.69 Å². The maximum atomic E-state index is 13.9. The summed E-state index contributed by atoms with van der Waals surface area (Å²) in [5, 5.41) is 7.29. The Morgan fingerprint density at radius 1 is 1.35 bits per heavy atom. The molecule has 2 aromatic rings. The van der Waals surface area contributed by atoms with Gasteiger partial charge in [0.2, 0.25) is 0 Å². The molecule has 1 aliphatic carbocycles. The highest BCUT2D eigenvalue weighted by atomic mass is 19.1. The first-order valence-electron chi connectivity index (χ1n) is 8.16. The van der Waals surface area contributed by atoms with Crippen molar-refractivity contribution in [2.24, 2.45) is 5.92 Å². The second kappa shape index (κ2) is 6.52. The molecule has 0 saturated heterocycles. The van der Waals surface area contributed by atoms with Crippen molar-refractivity contribution in [2.45, 2.75) is 45.6 Å². The monoisotopic (exact) mass is 315 g/mol. The van der Waals surface area contributed by atoms with Crippen LogP contribution in [0, 0.1) is 18.7 Å². The molecule has 1 saturated carbocycles. The molecule has 0 radical (unpaired) electrons. The number of rotatable bonds is 3. The highest BCUT2D eigenvalue weighted by Crippen LogP contribution is 2.24. The number of halogens is 1. The fraction of sp³-hybridized carbons (Fsp3) is 0.444. The van der Waals surface area contributed by atoms with Crippen molar-refractivity contribution in [1.82, 2.24) is 15.1 Å². The normalized spacial score (nSPS) is 21.2. The third-order valence-electron chi connectivity index (χ3n) is 4.61. The fourth-order valence-corrected chi connectivity index (χ4v) is 3.33. The Hall–Kier alpha value is -2.17. The van der Waals surface area contributed by atoms with Crippen LogP contribution in [0.5, 0.6) is 0 Å². The smallest absolute Gasteiger partial charge is 0.254 e. The first-order chi connectivity index (χ1) is 11.1. The number of nitrogens with one attached hydrogen (secondary N) is 1. The maximum absolute atomic E-state index is 13.9. The number of hydrogen-bond acceptors (Lipinski definition) is 2. The van der Waals surface area contributed by atoms with Gasteiger partial charge in [0.15, 0.2) is 0 Å². The highest BCUT2D eigenvalue weighted by molar-refractivity contribution is 5.95. The average Bonchev–Trinajstić information content (AvgIpc) is 2.89. The minimum Gasteiger partial charge on any atom is -0.349 e. The summed E-state index contributed by atoms with van der Waals surface area (Å²) in [6.45, 7) is 4.01. The third-order valence-corrected chi connectivity index (χ3v) is 4.61. The van der Waals surface area contributed by atoms with Gasteiger partial charge < -0.3 is 5.32 Å². The largest absolute Gasteiger partial charge is 0.349 e. The number of amides is 1. The van der Waals surface area contributed by atoms with Crippen molar-refractivity contribution < 1.29 is 9.18 Å². The first-order valence-corrected chi connectivity index (χ1v) is 8.16. The molecule has 0 spiro atoms. The van der Waals surface area contributed by atoms with E-state index in [1.807, 2.05) is 0 Å². The molecule has 2 unspecified atom stereocenters. The van der Waals surface area contributed by atoms with Gasteiger partial charge in [-0.3, -0.25) is 4.79 Å². The molecular weight excluding hydrogens is 293 g/mol. The van der Waals surface area contributed by atoms with Gasteiger partial charge in [-0.15, -0.1) is 0 Å². The Bertz CT molecular complexity index is 710. The highest BCUT2D eigenvalue weighted by Gasteiger charge is 2.23. The lowest BCUT2D eigenvalue weighted by molar-refractivity contribution is 0.0920. The number of para-hydroxylation sites is 1. The van der Waals surface area contributed by atoms with E-state index in [4.69, 9.17) is 0 Å². The molecule has 3 rings (SSSR count). The zero-order valence-electron chi connectivity index (χ0n) is 13.6. The number of benzene rings is 1. The predicted molar refractivity (Wildman–Crippen MR) is 87.1 cm³/mol. The molecule has 122 valence electrons. The maximum Gasteiger partial charge on any atom is 0.254 e. The van der Waals surface area contributed by atoms with E-state index >= 15 is 0 Å². The molecule has 1 fully saturated rings. The summed E-state index contributed by atoms with van der Waals surface area (Å²) in [7, 11) is 0. The summed E-state index contributed by atoms with van der Waals surface area (Å²) in [6, 6.07) is 6.65. The Kier molecular flexibility index (Phi) is 4.46. The van der Waals surface area contributed by atoms with Crippen LogP contribution in [0.4, 0.5) is 4.39 Å². The van der Waals surface area contributed by atoms with Gasteiger partial charge in [-0.25, -0.2) is 9.07 Å². The second-order valence-electron chi connectivity index (χ2n) is 6.45. The molecule has 1 heterocycles. The van der Waals surface area contributed by atoms with E-state index in [2.05, 4.69) is 17.3 Å². The summed E-state index contributed by atoms with van der Waals surface area (Å²) in [4.78, 5) is 12.5. The zero-order valence-corrected chi connectivity index (χ0v) is 13.6. The van der Waals surface area contributed by atoms with Crippen LogP contribution in [0.25, 0.3) is 5.69 Å². The lowest BCUT2D eigenvalue weighted by Gasteiger charge is -2.27. The molecule has 1 N–H and O–H groups in total. The lowest BCUT2D eigenvalue weighted by atomic mass is 9.87. The average molecular weight is 315 g/mol. The van der Waals surface area contributed by atoms with Crippen LogP contribution in [0.1, 0.15) is 48.7 Å². The van der Waals surface area contributed by atoms with Gasteiger partial charge >= 0.3 is 0 Å². The molecular formula is C18H22FN3O. The van der Waals surface area contributed by atoms with Gasteiger partial charge in [0.1, 0.15) is 11.5 Å². The molecule has 5 heteroatoms. The summed E-state index contributed by atoms with van der Waals surface area (Å²) >= 11 is 0. The van der Waals surface area contributed by atoms with Crippen molar-refractivity contribution in [2.75, 3.05) is 0 Å². The number of hydrogen-bond donors (Lipinski definition) is 1. The molecule has 0 bridgehead atoms. The second-order valence-corrected chi connectivity index (χ2v) is 6.45. The Morgan fingerprint density at radius 2 is 2.13 bits per heavy atom. The van der Waals surface area contributed by atoms with Crippen molar-refractivity contribution >= 4 is 5.91 Å². The molecule has 1 aliphatic rings. The quantitative estimate of drug-likeness (QED) is 0.940. The van der Waals surface area contributed by atoms with E-state index in [0.717, 1.165) is 19.3 Å². The summed E-state index contributed by atoms with van der Waals surface area (Å²) in [5.74, 6) is 0.173. The number of nitrogens with zero attached hydrogens (tertiary/aromatic N) is 2. The molecule has 1 amide bonds. The number of carbonyl (C=O) groups excluding carboxylic acids is 1. The lowest BCUT2D eigenvalue weighted by Crippen LogP contribution is -2.38. The molecule has 1 aromatic carbocycles. The van der Waals surface area contributed by atoms with Crippen LogP contribution in [-0.2, 0) is 0 Å². The number of carbonyl (C=O) groups is 1. The molecule has 23 heavy (non-hydrogen) atoms. The third kappa shape index (κ3) is 3.28. The summed E-state index contributed by atoms with van der Waals surface area (Å²) in [5.41, 5.74) is 1.51. The summed E-state index contributed by atoms with van der Waals surface area (Å²) < 4.78 is 15.4. The Labute approximate surface area is 135 Å². The van der Waals surface area contributed by atoms with Crippen LogP contribution in [0.2, 0.25) is 0 Å². The van der Waals surface area contributed by atoms with Crippen LogP contribution in [0.3, 0.4) is 0 Å². The molecule has 0 aliphatic heterocycles. The van der Waals surface area contributed by atoms with Crippen LogP contribution in [-0.4, -0.2) is 21.7 Å². The van der Waals surface area contributed by atoms with Gasteiger partial charge in [0, 0.05) is 6.04 Å². The minimum absolute atomic E-state index is 0.121. The van der Waals surface area contributed by atoms with E-state index < -0.39 is 0 Å². The van der Waals surface area contributed by atoms with E-state index in [0.29, 0.717) is 22.9 Å². The SMILES string of the molecule is Cc1c(C(=O)NC2CCCC(C)C2)cnn1-c1ccccc1F. The minimum atomic E-state index is -0.355. The van der Waals surface area contributed by atoms with Crippen molar-refractivity contribution in [3.05, 3.63) is 47.5 Å². The van der Waals surface area contributed by atoms with E-state index in [1.165, 1.54) is 23.4 Å². The standard InChI is InChI=1S/C18H22FN3O/c1-12-6-5-7-14(10-12)21-18(23)15-11-20-22(13(15)2)17-9-4-3-8-16(17)19/h3-4,8-9,11-12,14H,5-7,10H2,1-2H3,(H,21,23). The van der Waals surface area contributed by atoms with Crippen LogP contribution < -0.4 is 5.32 Å². The molecule has 1 aromatic heterocycles. The van der Waals surface area contributed by atoms with Crippen molar-refractivity contribution in [1.29, 1.82) is 0 Å². The topological polar surface area (TPSA) is 46.9 Å². The first kappa shape index (κ1) is 15.7.